The molecule has 0 saturated heterocycles. The molecule has 4 heteroatoms. The Morgan fingerprint density at radius 3 is 2.53 bits per heavy atom. The number of hydrogen-bond acceptors (Lipinski definition) is 4. The van der Waals surface area contributed by atoms with Crippen molar-refractivity contribution in [1.82, 2.24) is 4.98 Å². The minimum absolute atomic E-state index is 0.537. The standard InChI is InChI=1S/C15H20N2O2/c1-9-7-12(14(18-4)8-10(9)2)15-13(5-6-16)19-11(3)17-15/h7-8H,5-6,16H2,1-4H3. The Morgan fingerprint density at radius 1 is 1.21 bits per heavy atom. The van der Waals surface area contributed by atoms with Crippen LogP contribution >= 0.6 is 0 Å². The lowest BCUT2D eigenvalue weighted by Crippen LogP contribution is -2.03. The van der Waals surface area contributed by atoms with Gasteiger partial charge in [-0.2, -0.15) is 0 Å². The molecular formula is C15H20N2O2. The molecule has 0 aliphatic rings. The van der Waals surface area contributed by atoms with Gasteiger partial charge in [0.2, 0.25) is 0 Å². The first-order valence-electron chi connectivity index (χ1n) is 6.38. The molecule has 0 radical (unpaired) electrons. The fourth-order valence-corrected chi connectivity index (χ4v) is 2.12. The fraction of sp³-hybridized carbons (Fsp3) is 0.400. The van der Waals surface area contributed by atoms with Crippen LogP contribution in [0.25, 0.3) is 11.3 Å². The zero-order valence-corrected chi connectivity index (χ0v) is 11.9. The Kier molecular flexibility index (Phi) is 3.90. The maximum Gasteiger partial charge on any atom is 0.191 e. The monoisotopic (exact) mass is 260 g/mol. The van der Waals surface area contributed by atoms with Gasteiger partial charge in [-0.3, -0.25) is 0 Å². The number of ether oxygens (including phenoxy) is 1. The molecule has 19 heavy (non-hydrogen) atoms. The second kappa shape index (κ2) is 5.45. The van der Waals surface area contributed by atoms with Crippen LogP contribution in [0.4, 0.5) is 0 Å². The van der Waals surface area contributed by atoms with Gasteiger partial charge in [-0.1, -0.05) is 0 Å². The van der Waals surface area contributed by atoms with Crippen LogP contribution in [-0.4, -0.2) is 18.6 Å². The number of aromatic nitrogens is 1. The third kappa shape index (κ3) is 2.63. The summed E-state index contributed by atoms with van der Waals surface area (Å²) in [5.74, 6) is 2.29. The molecule has 2 rings (SSSR count). The summed E-state index contributed by atoms with van der Waals surface area (Å²) in [6.07, 6.45) is 0.673. The molecular weight excluding hydrogens is 240 g/mol. The highest BCUT2D eigenvalue weighted by atomic mass is 16.5. The lowest BCUT2D eigenvalue weighted by Gasteiger charge is -2.11. The first-order valence-corrected chi connectivity index (χ1v) is 6.38. The Balaban J connectivity index is 2.60. The minimum atomic E-state index is 0.537. The molecule has 2 aromatic rings. The summed E-state index contributed by atoms with van der Waals surface area (Å²) < 4.78 is 11.1. The number of rotatable bonds is 4. The normalized spacial score (nSPS) is 10.8. The Bertz CT molecular complexity index is 588. The predicted molar refractivity (Wildman–Crippen MR) is 75.5 cm³/mol. The van der Waals surface area contributed by atoms with E-state index in [1.54, 1.807) is 7.11 Å². The molecule has 0 spiro atoms. The zero-order valence-electron chi connectivity index (χ0n) is 11.9. The quantitative estimate of drug-likeness (QED) is 0.918. The van der Waals surface area contributed by atoms with Crippen LogP contribution in [0.15, 0.2) is 16.5 Å². The van der Waals surface area contributed by atoms with Gasteiger partial charge < -0.3 is 14.9 Å². The van der Waals surface area contributed by atoms with E-state index >= 15 is 0 Å². The van der Waals surface area contributed by atoms with E-state index in [2.05, 4.69) is 24.9 Å². The maximum atomic E-state index is 5.63. The van der Waals surface area contributed by atoms with Crippen LogP contribution in [0.1, 0.15) is 22.8 Å². The van der Waals surface area contributed by atoms with Gasteiger partial charge in [0.1, 0.15) is 17.2 Å². The van der Waals surface area contributed by atoms with Gasteiger partial charge in [-0.15, -0.1) is 0 Å². The second-order valence-corrected chi connectivity index (χ2v) is 4.68. The average molecular weight is 260 g/mol. The Morgan fingerprint density at radius 2 is 1.89 bits per heavy atom. The number of benzene rings is 1. The minimum Gasteiger partial charge on any atom is -0.496 e. The molecule has 0 unspecified atom stereocenters. The molecule has 0 bridgehead atoms. The van der Waals surface area contributed by atoms with Crippen molar-refractivity contribution in [2.75, 3.05) is 13.7 Å². The van der Waals surface area contributed by atoms with Gasteiger partial charge in [0, 0.05) is 18.9 Å². The van der Waals surface area contributed by atoms with E-state index in [0.717, 1.165) is 22.8 Å². The Hall–Kier alpha value is -1.81. The number of nitrogens with zero attached hydrogens (tertiary/aromatic N) is 1. The van der Waals surface area contributed by atoms with Crippen LogP contribution in [0, 0.1) is 20.8 Å². The molecule has 102 valence electrons. The molecule has 0 atom stereocenters. The van der Waals surface area contributed by atoms with Gasteiger partial charge in [0.25, 0.3) is 0 Å². The summed E-state index contributed by atoms with van der Waals surface area (Å²) in [4.78, 5) is 4.48. The molecule has 1 aromatic carbocycles. The molecule has 0 amide bonds. The van der Waals surface area contributed by atoms with Crippen molar-refractivity contribution < 1.29 is 9.15 Å². The van der Waals surface area contributed by atoms with E-state index in [9.17, 15) is 0 Å². The molecule has 0 fully saturated rings. The van der Waals surface area contributed by atoms with E-state index in [0.29, 0.717) is 18.9 Å². The second-order valence-electron chi connectivity index (χ2n) is 4.68. The van der Waals surface area contributed by atoms with Crippen molar-refractivity contribution in [2.24, 2.45) is 5.73 Å². The van der Waals surface area contributed by atoms with Crippen molar-refractivity contribution in [3.8, 4) is 17.0 Å². The molecule has 0 saturated carbocycles. The average Bonchev–Trinajstić information content (AvgIpc) is 2.73. The van der Waals surface area contributed by atoms with Crippen molar-refractivity contribution in [3.63, 3.8) is 0 Å². The molecule has 1 heterocycles. The van der Waals surface area contributed by atoms with E-state index in [4.69, 9.17) is 14.9 Å². The van der Waals surface area contributed by atoms with Crippen LogP contribution < -0.4 is 10.5 Å². The lowest BCUT2D eigenvalue weighted by molar-refractivity contribution is 0.415. The molecule has 1 aromatic heterocycles. The highest BCUT2D eigenvalue weighted by Crippen LogP contribution is 2.34. The predicted octanol–water partition coefficient (Wildman–Crippen LogP) is 2.78. The zero-order chi connectivity index (χ0) is 14.0. The first-order chi connectivity index (χ1) is 9.06. The largest absolute Gasteiger partial charge is 0.496 e. The number of oxazole rings is 1. The number of hydrogen-bond donors (Lipinski definition) is 1. The van der Waals surface area contributed by atoms with Crippen molar-refractivity contribution in [2.45, 2.75) is 27.2 Å². The molecule has 0 aliphatic heterocycles. The smallest absolute Gasteiger partial charge is 0.191 e. The van der Waals surface area contributed by atoms with Crippen molar-refractivity contribution >= 4 is 0 Å². The summed E-state index contributed by atoms with van der Waals surface area (Å²) in [5, 5.41) is 0. The van der Waals surface area contributed by atoms with E-state index in [-0.39, 0.29) is 0 Å². The number of aryl methyl sites for hydroxylation is 3. The summed E-state index contributed by atoms with van der Waals surface area (Å²) in [7, 11) is 1.67. The number of nitrogens with two attached hydrogens (primary N) is 1. The van der Waals surface area contributed by atoms with Crippen LogP contribution in [0.2, 0.25) is 0 Å². The van der Waals surface area contributed by atoms with E-state index in [1.165, 1.54) is 11.1 Å². The summed E-state index contributed by atoms with van der Waals surface area (Å²) >= 11 is 0. The van der Waals surface area contributed by atoms with Gasteiger partial charge in [0.05, 0.1) is 7.11 Å². The van der Waals surface area contributed by atoms with E-state index < -0.39 is 0 Å². The van der Waals surface area contributed by atoms with Crippen molar-refractivity contribution in [3.05, 3.63) is 34.9 Å². The van der Waals surface area contributed by atoms with Crippen LogP contribution in [0.3, 0.4) is 0 Å². The van der Waals surface area contributed by atoms with E-state index in [1.807, 2.05) is 13.0 Å². The Labute approximate surface area is 113 Å². The highest BCUT2D eigenvalue weighted by Gasteiger charge is 2.17. The number of methoxy groups -OCH3 is 1. The summed E-state index contributed by atoms with van der Waals surface area (Å²) in [6, 6.07) is 4.12. The fourth-order valence-electron chi connectivity index (χ4n) is 2.12. The first kappa shape index (κ1) is 13.6. The third-order valence-corrected chi connectivity index (χ3v) is 3.25. The van der Waals surface area contributed by atoms with Gasteiger partial charge in [-0.25, -0.2) is 4.98 Å². The van der Waals surface area contributed by atoms with Crippen LogP contribution in [0.5, 0.6) is 5.75 Å². The summed E-state index contributed by atoms with van der Waals surface area (Å²) in [6.45, 7) is 6.52. The van der Waals surface area contributed by atoms with Crippen LogP contribution in [-0.2, 0) is 6.42 Å². The maximum absolute atomic E-state index is 5.63. The van der Waals surface area contributed by atoms with Crippen molar-refractivity contribution in [1.29, 1.82) is 0 Å². The lowest BCUT2D eigenvalue weighted by atomic mass is 10.0. The van der Waals surface area contributed by atoms with Gasteiger partial charge in [0.15, 0.2) is 5.89 Å². The van der Waals surface area contributed by atoms with Gasteiger partial charge >= 0.3 is 0 Å². The summed E-state index contributed by atoms with van der Waals surface area (Å²) in [5.41, 5.74) is 9.82. The highest BCUT2D eigenvalue weighted by molar-refractivity contribution is 5.70. The molecule has 4 nitrogen and oxygen atoms in total. The van der Waals surface area contributed by atoms with Gasteiger partial charge in [-0.05, 0) is 43.7 Å². The molecule has 2 N–H and O–H groups in total. The molecule has 0 aliphatic carbocycles. The third-order valence-electron chi connectivity index (χ3n) is 3.25. The SMILES string of the molecule is COc1cc(C)c(C)cc1-c1nc(C)oc1CCN. The topological polar surface area (TPSA) is 61.3 Å².